The van der Waals surface area contributed by atoms with Crippen molar-refractivity contribution in [2.75, 3.05) is 51.3 Å². The third-order valence-electron chi connectivity index (χ3n) is 5.27. The number of amides is 1. The molecular weight excluding hydrogens is 517 g/mol. The number of methoxy groups -OCH3 is 1. The fourth-order valence-corrected chi connectivity index (χ4v) is 3.65. The van der Waals surface area contributed by atoms with Crippen molar-refractivity contribution in [2.24, 2.45) is 4.99 Å². The smallest absolute Gasteiger partial charge is 0.251 e. The van der Waals surface area contributed by atoms with Crippen LogP contribution in [0.1, 0.15) is 29.8 Å². The Kier molecular flexibility index (Phi) is 10.6. The highest BCUT2D eigenvalue weighted by Gasteiger charge is 2.20. The third kappa shape index (κ3) is 7.01. The van der Waals surface area contributed by atoms with Crippen LogP contribution >= 0.6 is 24.0 Å². The summed E-state index contributed by atoms with van der Waals surface area (Å²) in [5.74, 6) is 1.75. The van der Waals surface area contributed by atoms with Gasteiger partial charge in [0.15, 0.2) is 5.96 Å². The fraction of sp³-hybridized carbons (Fsp3) is 0.417. The lowest BCUT2D eigenvalue weighted by Crippen LogP contribution is -2.52. The Morgan fingerprint density at radius 3 is 2.41 bits per heavy atom. The summed E-state index contributed by atoms with van der Waals surface area (Å²) in [5, 5.41) is 6.25. The summed E-state index contributed by atoms with van der Waals surface area (Å²) in [7, 11) is 1.70. The number of aliphatic imine (C=N–C) groups is 1. The number of hydrogen-bond donors (Lipinski definition) is 2. The van der Waals surface area contributed by atoms with Gasteiger partial charge in [0.2, 0.25) is 0 Å². The maximum Gasteiger partial charge on any atom is 0.251 e. The number of nitrogens with one attached hydrogen (secondary N) is 2. The molecular formula is C24H34IN5O2. The molecule has 1 aliphatic rings. The van der Waals surface area contributed by atoms with Crippen LogP contribution in [0.5, 0.6) is 5.75 Å². The van der Waals surface area contributed by atoms with Crippen molar-refractivity contribution in [3.05, 3.63) is 59.7 Å². The molecule has 1 saturated heterocycles. The van der Waals surface area contributed by atoms with Crippen LogP contribution in [0.2, 0.25) is 0 Å². The highest BCUT2D eigenvalue weighted by atomic mass is 127. The van der Waals surface area contributed by atoms with Gasteiger partial charge in [0.25, 0.3) is 5.91 Å². The first-order valence-electron chi connectivity index (χ1n) is 10.9. The van der Waals surface area contributed by atoms with Crippen LogP contribution in [-0.4, -0.2) is 63.1 Å². The van der Waals surface area contributed by atoms with Crippen molar-refractivity contribution in [3.63, 3.8) is 0 Å². The molecule has 0 saturated carbocycles. The molecule has 8 heteroatoms. The number of nitrogens with zero attached hydrogens (tertiary/aromatic N) is 3. The first-order chi connectivity index (χ1) is 15.1. The van der Waals surface area contributed by atoms with Gasteiger partial charge < -0.3 is 25.2 Å². The number of piperazine rings is 1. The van der Waals surface area contributed by atoms with Crippen molar-refractivity contribution in [3.8, 4) is 5.75 Å². The molecule has 0 aliphatic carbocycles. The highest BCUT2D eigenvalue weighted by Crippen LogP contribution is 2.22. The van der Waals surface area contributed by atoms with E-state index in [2.05, 4.69) is 39.5 Å². The molecule has 0 unspecified atom stereocenters. The fourth-order valence-electron chi connectivity index (χ4n) is 3.65. The SMILES string of the molecule is CCNC(=O)c1cccc(CN=C(NCC)N2CCN(c3cccc(OC)c3)CC2)c1.I. The number of rotatable bonds is 7. The number of guanidine groups is 1. The van der Waals surface area contributed by atoms with Gasteiger partial charge in [0, 0.05) is 56.6 Å². The zero-order valence-electron chi connectivity index (χ0n) is 19.1. The highest BCUT2D eigenvalue weighted by molar-refractivity contribution is 14.0. The Hall–Kier alpha value is -2.49. The Labute approximate surface area is 208 Å². The van der Waals surface area contributed by atoms with E-state index in [1.54, 1.807) is 7.11 Å². The minimum absolute atomic E-state index is 0. The number of benzene rings is 2. The topological polar surface area (TPSA) is 69.2 Å². The maximum atomic E-state index is 12.1. The average molecular weight is 551 g/mol. The summed E-state index contributed by atoms with van der Waals surface area (Å²) in [6.45, 7) is 9.59. The third-order valence-corrected chi connectivity index (χ3v) is 5.27. The van der Waals surface area contributed by atoms with E-state index < -0.39 is 0 Å². The van der Waals surface area contributed by atoms with Crippen LogP contribution < -0.4 is 20.3 Å². The largest absolute Gasteiger partial charge is 0.497 e. The van der Waals surface area contributed by atoms with Gasteiger partial charge in [-0.1, -0.05) is 18.2 Å². The van der Waals surface area contributed by atoms with Crippen molar-refractivity contribution in [2.45, 2.75) is 20.4 Å². The van der Waals surface area contributed by atoms with Crippen LogP contribution in [0.25, 0.3) is 0 Å². The molecule has 0 atom stereocenters. The van der Waals surface area contributed by atoms with Crippen molar-refractivity contribution in [1.82, 2.24) is 15.5 Å². The zero-order chi connectivity index (χ0) is 22.1. The van der Waals surface area contributed by atoms with Crippen LogP contribution in [0, 0.1) is 0 Å². The molecule has 1 aliphatic heterocycles. The normalized spacial score (nSPS) is 13.9. The number of carbonyl (C=O) groups is 1. The zero-order valence-corrected chi connectivity index (χ0v) is 21.5. The van der Waals surface area contributed by atoms with Gasteiger partial charge in [-0.25, -0.2) is 4.99 Å². The molecule has 3 rings (SSSR count). The predicted molar refractivity (Wildman–Crippen MR) is 141 cm³/mol. The van der Waals surface area contributed by atoms with Crippen LogP contribution in [0.3, 0.4) is 0 Å². The minimum Gasteiger partial charge on any atom is -0.497 e. The summed E-state index contributed by atoms with van der Waals surface area (Å²) >= 11 is 0. The average Bonchev–Trinajstić information content (AvgIpc) is 2.82. The Bertz CT molecular complexity index is 897. The number of halogens is 1. The molecule has 7 nitrogen and oxygen atoms in total. The molecule has 174 valence electrons. The van der Waals surface area contributed by atoms with Gasteiger partial charge in [0.05, 0.1) is 13.7 Å². The van der Waals surface area contributed by atoms with E-state index in [9.17, 15) is 4.79 Å². The molecule has 2 aromatic rings. The van der Waals surface area contributed by atoms with Gasteiger partial charge in [-0.2, -0.15) is 0 Å². The summed E-state index contributed by atoms with van der Waals surface area (Å²) in [6.07, 6.45) is 0. The Morgan fingerprint density at radius 2 is 1.72 bits per heavy atom. The molecule has 32 heavy (non-hydrogen) atoms. The quantitative estimate of drug-likeness (QED) is 0.314. The molecule has 2 N–H and O–H groups in total. The van der Waals surface area contributed by atoms with Gasteiger partial charge in [0.1, 0.15) is 5.75 Å². The standard InChI is InChI=1S/C24H33N5O2.HI/c1-4-25-23(30)20-9-6-8-19(16-20)18-27-24(26-5-2)29-14-12-28(13-15-29)21-10-7-11-22(17-21)31-3;/h6-11,16-17H,4-5,12-15,18H2,1-3H3,(H,25,30)(H,26,27);1H. The summed E-state index contributed by atoms with van der Waals surface area (Å²) in [6, 6.07) is 15.9. The number of ether oxygens (including phenoxy) is 1. The van der Waals surface area contributed by atoms with E-state index in [1.165, 1.54) is 5.69 Å². The van der Waals surface area contributed by atoms with Gasteiger partial charge in [-0.15, -0.1) is 24.0 Å². The Morgan fingerprint density at radius 1 is 1.00 bits per heavy atom. The van der Waals surface area contributed by atoms with Gasteiger partial charge >= 0.3 is 0 Å². The van der Waals surface area contributed by atoms with E-state index in [0.29, 0.717) is 18.7 Å². The van der Waals surface area contributed by atoms with Crippen molar-refractivity contribution >= 4 is 41.5 Å². The second-order valence-electron chi connectivity index (χ2n) is 7.41. The molecule has 1 amide bonds. The minimum atomic E-state index is -0.0473. The number of hydrogen-bond acceptors (Lipinski definition) is 4. The Balaban J connectivity index is 0.00000363. The van der Waals surface area contributed by atoms with E-state index in [1.807, 2.05) is 43.3 Å². The first-order valence-corrected chi connectivity index (χ1v) is 10.9. The van der Waals surface area contributed by atoms with Crippen molar-refractivity contribution < 1.29 is 9.53 Å². The van der Waals surface area contributed by atoms with Crippen molar-refractivity contribution in [1.29, 1.82) is 0 Å². The van der Waals surface area contributed by atoms with Crippen LogP contribution in [0.15, 0.2) is 53.5 Å². The van der Waals surface area contributed by atoms with E-state index in [0.717, 1.165) is 50.0 Å². The van der Waals surface area contributed by atoms with Gasteiger partial charge in [-0.3, -0.25) is 4.79 Å². The molecule has 2 aromatic carbocycles. The first kappa shape index (κ1) is 25.8. The lowest BCUT2D eigenvalue weighted by molar-refractivity contribution is 0.0955. The molecule has 0 radical (unpaired) electrons. The molecule has 1 heterocycles. The van der Waals surface area contributed by atoms with E-state index in [-0.39, 0.29) is 29.9 Å². The molecule has 0 aromatic heterocycles. The number of carbonyl (C=O) groups excluding carboxylic acids is 1. The van der Waals surface area contributed by atoms with E-state index >= 15 is 0 Å². The molecule has 0 spiro atoms. The lowest BCUT2D eigenvalue weighted by atomic mass is 10.1. The maximum absolute atomic E-state index is 12.1. The summed E-state index contributed by atoms with van der Waals surface area (Å²) < 4.78 is 5.36. The van der Waals surface area contributed by atoms with E-state index in [4.69, 9.17) is 9.73 Å². The second-order valence-corrected chi connectivity index (χ2v) is 7.41. The molecule has 0 bridgehead atoms. The monoisotopic (exact) mass is 551 g/mol. The van der Waals surface area contributed by atoms with Gasteiger partial charge in [-0.05, 0) is 43.7 Å². The summed E-state index contributed by atoms with van der Waals surface area (Å²) in [5.41, 5.74) is 2.88. The van der Waals surface area contributed by atoms with Crippen LogP contribution in [-0.2, 0) is 6.54 Å². The predicted octanol–water partition coefficient (Wildman–Crippen LogP) is 3.35. The summed E-state index contributed by atoms with van der Waals surface area (Å²) in [4.78, 5) is 21.6. The van der Waals surface area contributed by atoms with Crippen LogP contribution in [0.4, 0.5) is 5.69 Å². The second kappa shape index (κ2) is 13.1. The lowest BCUT2D eigenvalue weighted by Gasteiger charge is -2.37. The number of anilines is 1. The molecule has 1 fully saturated rings.